The minimum absolute atomic E-state index is 0.118. The second-order valence-electron chi connectivity index (χ2n) is 4.14. The van der Waals surface area contributed by atoms with E-state index >= 15 is 0 Å². The monoisotopic (exact) mass is 356 g/mol. The van der Waals surface area contributed by atoms with Crippen LogP contribution in [0.1, 0.15) is 11.1 Å². The first kappa shape index (κ1) is 14.9. The Hall–Kier alpha value is -1.53. The van der Waals surface area contributed by atoms with E-state index in [1.165, 1.54) is 12.1 Å². The van der Waals surface area contributed by atoms with Crippen LogP contribution in [0.4, 0.5) is 14.5 Å². The van der Waals surface area contributed by atoms with Crippen molar-refractivity contribution in [1.82, 2.24) is 0 Å². The fraction of sp³-hybridized carbons (Fsp3) is 0.0714. The molecule has 0 unspecified atom stereocenters. The van der Waals surface area contributed by atoms with Crippen LogP contribution in [0.5, 0.6) is 0 Å². The summed E-state index contributed by atoms with van der Waals surface area (Å²) in [5.41, 5.74) is 6.94. The van der Waals surface area contributed by atoms with Gasteiger partial charge in [-0.15, -0.1) is 0 Å². The number of nitrogens with two attached hydrogens (primary N) is 1. The van der Waals surface area contributed by atoms with Crippen LogP contribution < -0.4 is 11.1 Å². The van der Waals surface area contributed by atoms with E-state index in [2.05, 4.69) is 21.2 Å². The van der Waals surface area contributed by atoms with Gasteiger partial charge in [0.15, 0.2) is 5.82 Å². The van der Waals surface area contributed by atoms with Gasteiger partial charge in [0.05, 0.1) is 10.2 Å². The van der Waals surface area contributed by atoms with Crippen molar-refractivity contribution in [2.75, 3.05) is 5.32 Å². The third kappa shape index (κ3) is 3.32. The van der Waals surface area contributed by atoms with E-state index in [1.54, 1.807) is 24.3 Å². The van der Waals surface area contributed by atoms with Gasteiger partial charge in [-0.25, -0.2) is 8.78 Å². The quantitative estimate of drug-likeness (QED) is 0.814. The molecule has 0 aliphatic carbocycles. The summed E-state index contributed by atoms with van der Waals surface area (Å²) in [5.74, 6) is -0.804. The summed E-state index contributed by atoms with van der Waals surface area (Å²) in [5, 5.41) is 2.91. The standard InChI is InChI=1S/C14H11BrF2N2S/c15-12-10(14(18)20)4-5-11(13(12)17)19-7-8-2-1-3-9(16)6-8/h1-6,19H,7H2,(H2,18,20). The number of thiocarbonyl (C=S) groups is 1. The highest BCUT2D eigenvalue weighted by atomic mass is 79.9. The number of anilines is 1. The Labute approximate surface area is 129 Å². The summed E-state index contributed by atoms with van der Waals surface area (Å²) >= 11 is 7.95. The Bertz CT molecular complexity index is 662. The SMILES string of the molecule is NC(=S)c1ccc(NCc2cccc(F)c2)c(F)c1Br. The fourth-order valence-corrected chi connectivity index (χ4v) is 2.58. The molecule has 2 rings (SSSR count). The Morgan fingerprint density at radius 1 is 1.25 bits per heavy atom. The smallest absolute Gasteiger partial charge is 0.161 e. The molecule has 0 atom stereocenters. The number of benzene rings is 2. The molecule has 0 saturated heterocycles. The van der Waals surface area contributed by atoms with Gasteiger partial charge in [-0.2, -0.15) is 0 Å². The van der Waals surface area contributed by atoms with Gasteiger partial charge in [-0.3, -0.25) is 0 Å². The van der Waals surface area contributed by atoms with Gasteiger partial charge in [-0.05, 0) is 45.8 Å². The molecule has 0 saturated carbocycles. The van der Waals surface area contributed by atoms with Crippen LogP contribution in [0.25, 0.3) is 0 Å². The highest BCUT2D eigenvalue weighted by Crippen LogP contribution is 2.27. The molecular formula is C14H11BrF2N2S. The van der Waals surface area contributed by atoms with E-state index in [9.17, 15) is 8.78 Å². The Balaban J connectivity index is 2.18. The highest BCUT2D eigenvalue weighted by Gasteiger charge is 2.12. The summed E-state index contributed by atoms with van der Waals surface area (Å²) in [6.07, 6.45) is 0. The van der Waals surface area contributed by atoms with E-state index in [0.29, 0.717) is 17.8 Å². The largest absolute Gasteiger partial charge is 0.389 e. The van der Waals surface area contributed by atoms with Crippen LogP contribution in [0, 0.1) is 11.6 Å². The molecule has 0 radical (unpaired) electrons. The van der Waals surface area contributed by atoms with Crippen LogP contribution in [0.3, 0.4) is 0 Å². The van der Waals surface area contributed by atoms with Crippen molar-refractivity contribution in [3.8, 4) is 0 Å². The molecule has 0 spiro atoms. The minimum atomic E-state index is -0.480. The third-order valence-corrected chi connectivity index (χ3v) is 3.71. The predicted molar refractivity (Wildman–Crippen MR) is 83.7 cm³/mol. The van der Waals surface area contributed by atoms with E-state index in [-0.39, 0.29) is 15.3 Å². The van der Waals surface area contributed by atoms with Crippen LogP contribution in [-0.2, 0) is 6.54 Å². The molecule has 0 heterocycles. The molecule has 2 nitrogen and oxygen atoms in total. The Morgan fingerprint density at radius 2 is 2.00 bits per heavy atom. The zero-order valence-electron chi connectivity index (χ0n) is 10.3. The molecule has 0 amide bonds. The van der Waals surface area contributed by atoms with Gasteiger partial charge in [-0.1, -0.05) is 24.4 Å². The van der Waals surface area contributed by atoms with Crippen molar-refractivity contribution < 1.29 is 8.78 Å². The molecule has 3 N–H and O–H groups in total. The zero-order chi connectivity index (χ0) is 14.7. The first-order valence-corrected chi connectivity index (χ1v) is 6.95. The van der Waals surface area contributed by atoms with Crippen molar-refractivity contribution in [2.45, 2.75) is 6.54 Å². The summed E-state index contributed by atoms with van der Waals surface area (Å²) in [6.45, 7) is 0.313. The lowest BCUT2D eigenvalue weighted by Gasteiger charge is -2.11. The zero-order valence-corrected chi connectivity index (χ0v) is 12.7. The fourth-order valence-electron chi connectivity index (χ4n) is 1.72. The molecule has 20 heavy (non-hydrogen) atoms. The highest BCUT2D eigenvalue weighted by molar-refractivity contribution is 9.10. The number of nitrogens with one attached hydrogen (secondary N) is 1. The third-order valence-electron chi connectivity index (χ3n) is 2.72. The molecule has 0 bridgehead atoms. The average Bonchev–Trinajstić information content (AvgIpc) is 2.40. The van der Waals surface area contributed by atoms with Crippen molar-refractivity contribution in [2.24, 2.45) is 5.73 Å². The predicted octanol–water partition coefficient (Wildman–Crippen LogP) is 3.97. The van der Waals surface area contributed by atoms with E-state index < -0.39 is 5.82 Å². The van der Waals surface area contributed by atoms with Gasteiger partial charge in [0, 0.05) is 12.1 Å². The summed E-state index contributed by atoms with van der Waals surface area (Å²) in [6, 6.07) is 9.29. The van der Waals surface area contributed by atoms with Crippen molar-refractivity contribution in [3.05, 3.63) is 63.6 Å². The van der Waals surface area contributed by atoms with Gasteiger partial charge in [0.2, 0.25) is 0 Å². The van der Waals surface area contributed by atoms with Crippen LogP contribution in [0.15, 0.2) is 40.9 Å². The molecule has 0 aliphatic rings. The van der Waals surface area contributed by atoms with Gasteiger partial charge < -0.3 is 11.1 Å². The van der Waals surface area contributed by atoms with Crippen LogP contribution in [0.2, 0.25) is 0 Å². The Kier molecular flexibility index (Phi) is 4.67. The summed E-state index contributed by atoms with van der Waals surface area (Å²) < 4.78 is 27.4. The maximum Gasteiger partial charge on any atom is 0.161 e. The second kappa shape index (κ2) is 6.28. The number of halogens is 3. The first-order valence-electron chi connectivity index (χ1n) is 5.75. The van der Waals surface area contributed by atoms with Crippen molar-refractivity contribution >= 4 is 38.8 Å². The molecule has 104 valence electrons. The average molecular weight is 357 g/mol. The number of hydrogen-bond donors (Lipinski definition) is 2. The molecule has 0 aromatic heterocycles. The first-order chi connectivity index (χ1) is 9.49. The lowest BCUT2D eigenvalue weighted by atomic mass is 10.1. The molecule has 6 heteroatoms. The number of hydrogen-bond acceptors (Lipinski definition) is 2. The van der Waals surface area contributed by atoms with Gasteiger partial charge in [0.25, 0.3) is 0 Å². The molecular weight excluding hydrogens is 346 g/mol. The lowest BCUT2D eigenvalue weighted by molar-refractivity contribution is 0.622. The maximum atomic E-state index is 14.1. The number of rotatable bonds is 4. The van der Waals surface area contributed by atoms with Crippen molar-refractivity contribution in [1.29, 1.82) is 0 Å². The van der Waals surface area contributed by atoms with E-state index in [1.807, 2.05) is 0 Å². The van der Waals surface area contributed by atoms with Crippen LogP contribution >= 0.6 is 28.1 Å². The lowest BCUT2D eigenvalue weighted by Crippen LogP contribution is -2.12. The van der Waals surface area contributed by atoms with Crippen LogP contribution in [-0.4, -0.2) is 4.99 Å². The van der Waals surface area contributed by atoms with E-state index in [4.69, 9.17) is 18.0 Å². The van der Waals surface area contributed by atoms with Crippen molar-refractivity contribution in [3.63, 3.8) is 0 Å². The van der Waals surface area contributed by atoms with E-state index in [0.717, 1.165) is 5.56 Å². The van der Waals surface area contributed by atoms with Gasteiger partial charge >= 0.3 is 0 Å². The second-order valence-corrected chi connectivity index (χ2v) is 5.37. The molecule has 2 aromatic carbocycles. The molecule has 0 aliphatic heterocycles. The normalized spacial score (nSPS) is 10.3. The summed E-state index contributed by atoms with van der Waals surface area (Å²) in [4.78, 5) is 0.118. The molecule has 2 aromatic rings. The molecule has 0 fully saturated rings. The summed E-state index contributed by atoms with van der Waals surface area (Å²) in [7, 11) is 0. The Morgan fingerprint density at radius 3 is 2.65 bits per heavy atom. The maximum absolute atomic E-state index is 14.1. The van der Waals surface area contributed by atoms with Gasteiger partial charge in [0.1, 0.15) is 10.8 Å². The minimum Gasteiger partial charge on any atom is -0.389 e. The topological polar surface area (TPSA) is 38.0 Å².